The minimum Gasteiger partial charge on any atom is -0.467 e. The summed E-state index contributed by atoms with van der Waals surface area (Å²) in [7, 11) is 4.01. The van der Waals surface area contributed by atoms with E-state index in [-0.39, 0.29) is 0 Å². The summed E-state index contributed by atoms with van der Waals surface area (Å²) in [6.45, 7) is 3.58. The maximum Gasteiger partial charge on any atom is 0.123 e. The van der Waals surface area contributed by atoms with Crippen molar-refractivity contribution in [2.45, 2.75) is 20.0 Å². The Labute approximate surface area is 108 Å². The molecule has 0 aliphatic rings. The molecule has 2 aromatic rings. The van der Waals surface area contributed by atoms with E-state index in [0.29, 0.717) is 0 Å². The van der Waals surface area contributed by atoms with E-state index in [4.69, 9.17) is 4.42 Å². The third kappa shape index (κ3) is 2.90. The van der Waals surface area contributed by atoms with Crippen LogP contribution in [0, 0.1) is 6.92 Å². The molecule has 0 fully saturated rings. The Kier molecular flexibility index (Phi) is 3.99. The quantitative estimate of drug-likeness (QED) is 0.878. The molecule has 0 atom stereocenters. The third-order valence-electron chi connectivity index (χ3n) is 2.85. The fourth-order valence-electron chi connectivity index (χ4n) is 1.98. The van der Waals surface area contributed by atoms with Gasteiger partial charge < -0.3 is 14.6 Å². The molecule has 96 valence electrons. The topological polar surface area (TPSA) is 41.3 Å². The van der Waals surface area contributed by atoms with Crippen LogP contribution in [0.25, 0.3) is 0 Å². The van der Waals surface area contributed by atoms with Crippen LogP contribution in [-0.2, 0) is 13.1 Å². The van der Waals surface area contributed by atoms with Crippen LogP contribution >= 0.6 is 0 Å². The average Bonchev–Trinajstić information content (AvgIpc) is 2.84. The van der Waals surface area contributed by atoms with E-state index in [9.17, 15) is 0 Å². The molecule has 0 bridgehead atoms. The predicted molar refractivity (Wildman–Crippen MR) is 72.6 cm³/mol. The van der Waals surface area contributed by atoms with Gasteiger partial charge in [0.1, 0.15) is 5.76 Å². The van der Waals surface area contributed by atoms with Crippen LogP contribution in [0.4, 0.5) is 5.69 Å². The van der Waals surface area contributed by atoms with Gasteiger partial charge in [0.05, 0.1) is 12.8 Å². The highest BCUT2D eigenvalue weighted by Crippen LogP contribution is 2.21. The summed E-state index contributed by atoms with van der Waals surface area (Å²) in [6, 6.07) is 6.01. The van der Waals surface area contributed by atoms with Crippen molar-refractivity contribution in [1.29, 1.82) is 0 Å². The zero-order valence-electron chi connectivity index (χ0n) is 11.1. The molecule has 0 amide bonds. The molecule has 2 heterocycles. The zero-order valence-corrected chi connectivity index (χ0v) is 11.1. The highest BCUT2D eigenvalue weighted by molar-refractivity contribution is 5.53. The molecule has 0 radical (unpaired) electrons. The van der Waals surface area contributed by atoms with Gasteiger partial charge in [-0.25, -0.2) is 0 Å². The van der Waals surface area contributed by atoms with E-state index in [1.807, 2.05) is 32.3 Å². The SMILES string of the molecule is CNCc1cnc(C)cc1N(C)Cc1ccco1. The number of pyridine rings is 1. The van der Waals surface area contributed by atoms with Gasteiger partial charge >= 0.3 is 0 Å². The molecule has 1 N–H and O–H groups in total. The summed E-state index contributed by atoms with van der Waals surface area (Å²) in [5, 5.41) is 3.17. The number of aromatic nitrogens is 1. The molecule has 18 heavy (non-hydrogen) atoms. The third-order valence-corrected chi connectivity index (χ3v) is 2.85. The van der Waals surface area contributed by atoms with E-state index >= 15 is 0 Å². The molecule has 2 aromatic heterocycles. The molecule has 0 saturated carbocycles. The average molecular weight is 245 g/mol. The molecule has 0 unspecified atom stereocenters. The van der Waals surface area contributed by atoms with E-state index in [1.54, 1.807) is 6.26 Å². The van der Waals surface area contributed by atoms with Gasteiger partial charge in [-0.2, -0.15) is 0 Å². The van der Waals surface area contributed by atoms with Gasteiger partial charge in [0.2, 0.25) is 0 Å². The molecule has 0 aromatic carbocycles. The summed E-state index contributed by atoms with van der Waals surface area (Å²) in [6.07, 6.45) is 3.63. The Bertz CT molecular complexity index is 494. The van der Waals surface area contributed by atoms with E-state index in [1.165, 1.54) is 11.3 Å². The number of hydrogen-bond donors (Lipinski definition) is 1. The smallest absolute Gasteiger partial charge is 0.123 e. The zero-order chi connectivity index (χ0) is 13.0. The minimum atomic E-state index is 0.757. The van der Waals surface area contributed by atoms with E-state index in [2.05, 4.69) is 28.3 Å². The molecule has 0 spiro atoms. The fraction of sp³-hybridized carbons (Fsp3) is 0.357. The van der Waals surface area contributed by atoms with Crippen LogP contribution in [0.3, 0.4) is 0 Å². The van der Waals surface area contributed by atoms with Crippen molar-refractivity contribution in [1.82, 2.24) is 10.3 Å². The van der Waals surface area contributed by atoms with Gasteiger partial charge in [0.25, 0.3) is 0 Å². The molecule has 0 aliphatic carbocycles. The van der Waals surface area contributed by atoms with Gasteiger partial charge in [0, 0.05) is 36.7 Å². The Morgan fingerprint density at radius 3 is 2.94 bits per heavy atom. The van der Waals surface area contributed by atoms with Gasteiger partial charge in [0.15, 0.2) is 0 Å². The van der Waals surface area contributed by atoms with Crippen LogP contribution in [-0.4, -0.2) is 19.1 Å². The van der Waals surface area contributed by atoms with Crippen molar-refractivity contribution in [3.63, 3.8) is 0 Å². The Morgan fingerprint density at radius 1 is 1.44 bits per heavy atom. The Balaban J connectivity index is 2.22. The van der Waals surface area contributed by atoms with Crippen LogP contribution < -0.4 is 10.2 Å². The van der Waals surface area contributed by atoms with Crippen molar-refractivity contribution >= 4 is 5.69 Å². The molecule has 0 saturated heterocycles. The lowest BCUT2D eigenvalue weighted by molar-refractivity contribution is 0.507. The first-order valence-corrected chi connectivity index (χ1v) is 6.04. The summed E-state index contributed by atoms with van der Waals surface area (Å²) in [5.41, 5.74) is 3.40. The number of anilines is 1. The molecule has 4 nitrogen and oxygen atoms in total. The van der Waals surface area contributed by atoms with Crippen LogP contribution in [0.2, 0.25) is 0 Å². The van der Waals surface area contributed by atoms with Crippen molar-refractivity contribution in [3.8, 4) is 0 Å². The summed E-state index contributed by atoms with van der Waals surface area (Å²) < 4.78 is 5.38. The minimum absolute atomic E-state index is 0.757. The Hall–Kier alpha value is -1.81. The molecule has 2 rings (SSSR count). The van der Waals surface area contributed by atoms with Gasteiger partial charge in [-0.3, -0.25) is 4.98 Å². The predicted octanol–water partition coefficient (Wildman–Crippen LogP) is 2.34. The van der Waals surface area contributed by atoms with Crippen LogP contribution in [0.5, 0.6) is 0 Å². The molecular formula is C14H19N3O. The highest BCUT2D eigenvalue weighted by Gasteiger charge is 2.09. The fourth-order valence-corrected chi connectivity index (χ4v) is 1.98. The first-order chi connectivity index (χ1) is 8.70. The number of nitrogens with zero attached hydrogens (tertiary/aromatic N) is 2. The number of nitrogens with one attached hydrogen (secondary N) is 1. The number of aryl methyl sites for hydroxylation is 1. The molecular weight excluding hydrogens is 226 g/mol. The molecule has 4 heteroatoms. The molecule has 0 aliphatic heterocycles. The van der Waals surface area contributed by atoms with Crippen molar-refractivity contribution < 1.29 is 4.42 Å². The number of hydrogen-bond acceptors (Lipinski definition) is 4. The number of furan rings is 1. The summed E-state index contributed by atoms with van der Waals surface area (Å²) >= 11 is 0. The van der Waals surface area contributed by atoms with Crippen molar-refractivity contribution in [2.75, 3.05) is 19.0 Å². The summed E-state index contributed by atoms with van der Waals surface area (Å²) in [4.78, 5) is 6.53. The normalized spacial score (nSPS) is 10.6. The maximum atomic E-state index is 5.38. The Morgan fingerprint density at radius 2 is 2.28 bits per heavy atom. The first kappa shape index (κ1) is 12.6. The lowest BCUT2D eigenvalue weighted by atomic mass is 10.2. The lowest BCUT2D eigenvalue weighted by Crippen LogP contribution is -2.20. The van der Waals surface area contributed by atoms with E-state index < -0.39 is 0 Å². The largest absolute Gasteiger partial charge is 0.467 e. The highest BCUT2D eigenvalue weighted by atomic mass is 16.3. The second kappa shape index (κ2) is 5.69. The van der Waals surface area contributed by atoms with Gasteiger partial charge in [-0.05, 0) is 32.2 Å². The van der Waals surface area contributed by atoms with Crippen LogP contribution in [0.1, 0.15) is 17.0 Å². The van der Waals surface area contributed by atoms with Gasteiger partial charge in [-0.1, -0.05) is 0 Å². The first-order valence-electron chi connectivity index (χ1n) is 6.04. The van der Waals surface area contributed by atoms with E-state index in [0.717, 1.165) is 24.5 Å². The lowest BCUT2D eigenvalue weighted by Gasteiger charge is -2.21. The number of rotatable bonds is 5. The van der Waals surface area contributed by atoms with Crippen molar-refractivity contribution in [3.05, 3.63) is 47.7 Å². The standard InChI is InChI=1S/C14H19N3O/c1-11-7-14(12(8-15-2)9-16-11)17(3)10-13-5-4-6-18-13/h4-7,9,15H,8,10H2,1-3H3. The van der Waals surface area contributed by atoms with Gasteiger partial charge in [-0.15, -0.1) is 0 Å². The second-order valence-electron chi connectivity index (χ2n) is 4.42. The maximum absolute atomic E-state index is 5.38. The van der Waals surface area contributed by atoms with Crippen molar-refractivity contribution in [2.24, 2.45) is 0 Å². The monoisotopic (exact) mass is 245 g/mol. The second-order valence-corrected chi connectivity index (χ2v) is 4.42. The van der Waals surface area contributed by atoms with Crippen LogP contribution in [0.15, 0.2) is 35.1 Å². The summed E-state index contributed by atoms with van der Waals surface area (Å²) in [5.74, 6) is 0.961.